The van der Waals surface area contributed by atoms with Crippen molar-refractivity contribution in [2.24, 2.45) is 11.8 Å². The smallest absolute Gasteiger partial charge is 0.430 e. The maximum absolute atomic E-state index is 7.12. The Labute approximate surface area is 79.5 Å². The van der Waals surface area contributed by atoms with E-state index in [0.29, 0.717) is 0 Å². The van der Waals surface area contributed by atoms with Crippen LogP contribution in [0.2, 0.25) is 0 Å². The summed E-state index contributed by atoms with van der Waals surface area (Å²) in [6, 6.07) is 0. The van der Waals surface area contributed by atoms with Crippen LogP contribution in [0.3, 0.4) is 0 Å². The van der Waals surface area contributed by atoms with Crippen LogP contribution in [0.4, 0.5) is 0 Å². The van der Waals surface area contributed by atoms with Crippen molar-refractivity contribution >= 4 is 15.4 Å². The molecule has 4 nitrogen and oxygen atoms in total. The molecule has 0 aliphatic heterocycles. The molecule has 2 aliphatic rings. The number of hydrogen-bond acceptors (Lipinski definition) is 4. The summed E-state index contributed by atoms with van der Waals surface area (Å²) in [6.45, 7) is 0. The van der Waals surface area contributed by atoms with Gasteiger partial charge in [0.1, 0.15) is 0 Å². The number of rotatable bonds is 0. The highest BCUT2D eigenvalue weighted by Crippen LogP contribution is 2.38. The predicted molar refractivity (Wildman–Crippen MR) is 53.1 cm³/mol. The molecular weight excluding hydrogens is 170 g/mol. The van der Waals surface area contributed by atoms with Crippen LogP contribution in [-0.2, 0) is 0 Å². The second kappa shape index (κ2) is 8.31. The molecule has 0 saturated heterocycles. The Hall–Kier alpha value is -0.290. The number of hydrogen-bond donors (Lipinski definition) is 4. The second-order valence-corrected chi connectivity index (χ2v) is 3.00. The van der Waals surface area contributed by atoms with E-state index in [-0.39, 0.29) is 0 Å². The van der Waals surface area contributed by atoms with Gasteiger partial charge in [-0.05, 0) is 31.1 Å². The first-order valence-corrected chi connectivity index (χ1v) is 4.40. The van der Waals surface area contributed by atoms with E-state index in [4.69, 9.17) is 20.1 Å². The van der Waals surface area contributed by atoms with Crippen LogP contribution in [0.25, 0.3) is 0 Å². The summed E-state index contributed by atoms with van der Waals surface area (Å²) in [4.78, 5) is 0. The summed E-state index contributed by atoms with van der Waals surface area (Å²) in [5, 5.41) is 28.5. The predicted octanol–water partition coefficient (Wildman–Crippen LogP) is -1.55. The van der Waals surface area contributed by atoms with Gasteiger partial charge in [-0.25, -0.2) is 0 Å². The topological polar surface area (TPSA) is 80.9 Å². The van der Waals surface area contributed by atoms with Gasteiger partial charge in [0.15, 0.2) is 0 Å². The minimum absolute atomic E-state index is 0.750. The summed E-state index contributed by atoms with van der Waals surface area (Å²) in [5.74, 6) is 1.98. The van der Waals surface area contributed by atoms with Gasteiger partial charge in [0, 0.05) is 0 Å². The Bertz CT molecular complexity index is 128. The first kappa shape index (κ1) is 12.7. The molecule has 6 heteroatoms. The molecule has 13 heavy (non-hydrogen) atoms. The zero-order valence-electron chi connectivity index (χ0n) is 7.63. The fourth-order valence-electron chi connectivity index (χ4n) is 1.72. The highest BCUT2D eigenvalue weighted by atomic mass is 16.4. The molecule has 0 aromatic rings. The lowest BCUT2D eigenvalue weighted by Gasteiger charge is -1.96. The summed E-state index contributed by atoms with van der Waals surface area (Å²) in [6.07, 6.45) is 9.19. The van der Waals surface area contributed by atoms with Gasteiger partial charge in [-0.15, -0.1) is 0 Å². The van der Waals surface area contributed by atoms with Crippen molar-refractivity contribution in [1.82, 2.24) is 0 Å². The molecule has 2 atom stereocenters. The van der Waals surface area contributed by atoms with Crippen molar-refractivity contribution < 1.29 is 20.1 Å². The molecule has 74 valence electrons. The van der Waals surface area contributed by atoms with Crippen molar-refractivity contribution in [1.29, 1.82) is 0 Å². The Morgan fingerprint density at radius 3 is 1.23 bits per heavy atom. The van der Waals surface area contributed by atoms with Crippen molar-refractivity contribution in [3.63, 3.8) is 0 Å². The van der Waals surface area contributed by atoms with E-state index in [1.807, 2.05) is 0 Å². The van der Waals surface area contributed by atoms with Gasteiger partial charge in [-0.2, -0.15) is 0 Å². The van der Waals surface area contributed by atoms with Gasteiger partial charge in [-0.3, -0.25) is 0 Å². The molecular formula is C7H16B2O4. The van der Waals surface area contributed by atoms with Gasteiger partial charge in [-0.1, -0.05) is 12.2 Å². The zero-order chi connectivity index (χ0) is 10.1. The van der Waals surface area contributed by atoms with Crippen LogP contribution in [0.15, 0.2) is 12.2 Å². The van der Waals surface area contributed by atoms with E-state index in [0.717, 1.165) is 11.8 Å². The lowest BCUT2D eigenvalue weighted by atomic mass is 10.1. The minimum Gasteiger partial charge on any atom is -0.430 e. The third kappa shape index (κ3) is 5.87. The normalized spacial score (nSPS) is 26.8. The average molecular weight is 186 g/mol. The third-order valence-electron chi connectivity index (χ3n) is 2.17. The highest BCUT2D eigenvalue weighted by molar-refractivity contribution is 6.13. The molecule has 4 N–H and O–H groups in total. The standard InChI is InChI=1S/C7H10.2BH3O2/c1-2-7-4-3-6(1)5-7;2*2-1-3/h1-2,6-7H,3-5H2;2*1-3H. The van der Waals surface area contributed by atoms with Gasteiger partial charge >= 0.3 is 15.4 Å². The molecule has 2 rings (SSSR count). The summed E-state index contributed by atoms with van der Waals surface area (Å²) < 4.78 is 0. The Kier molecular flexibility index (Phi) is 8.13. The molecule has 1 saturated carbocycles. The van der Waals surface area contributed by atoms with E-state index in [1.165, 1.54) is 19.3 Å². The average Bonchev–Trinajstić information content (AvgIpc) is 2.69. The summed E-state index contributed by atoms with van der Waals surface area (Å²) in [5.41, 5.74) is 0. The van der Waals surface area contributed by atoms with E-state index in [1.54, 1.807) is 0 Å². The Balaban J connectivity index is 0.000000208. The van der Waals surface area contributed by atoms with Gasteiger partial charge < -0.3 is 20.1 Å². The third-order valence-corrected chi connectivity index (χ3v) is 2.17. The molecule has 0 radical (unpaired) electrons. The molecule has 2 aliphatic carbocycles. The summed E-state index contributed by atoms with van der Waals surface area (Å²) in [7, 11) is -1.50. The Morgan fingerprint density at radius 1 is 0.846 bits per heavy atom. The van der Waals surface area contributed by atoms with Crippen molar-refractivity contribution in [2.75, 3.05) is 0 Å². The highest BCUT2D eigenvalue weighted by Gasteiger charge is 2.25. The first-order chi connectivity index (χ1) is 6.28. The largest absolute Gasteiger partial charge is 0.432 e. The number of allylic oxidation sites excluding steroid dienone is 2. The Morgan fingerprint density at radius 2 is 1.15 bits per heavy atom. The fraction of sp³-hybridized carbons (Fsp3) is 0.714. The van der Waals surface area contributed by atoms with Crippen LogP contribution in [0, 0.1) is 11.8 Å². The van der Waals surface area contributed by atoms with E-state index < -0.39 is 15.4 Å². The van der Waals surface area contributed by atoms with Crippen LogP contribution < -0.4 is 0 Å². The molecule has 2 bridgehead atoms. The zero-order valence-corrected chi connectivity index (χ0v) is 7.63. The molecule has 0 amide bonds. The van der Waals surface area contributed by atoms with Gasteiger partial charge in [0.2, 0.25) is 0 Å². The van der Waals surface area contributed by atoms with Gasteiger partial charge in [0.25, 0.3) is 0 Å². The molecule has 1 fully saturated rings. The monoisotopic (exact) mass is 186 g/mol. The lowest BCUT2D eigenvalue weighted by molar-refractivity contribution is 0.447. The van der Waals surface area contributed by atoms with Crippen molar-refractivity contribution in [3.8, 4) is 0 Å². The number of fused-ring (bicyclic) bond motifs is 2. The SMILES string of the molecule is C1=CC2CCC1C2.OBO.OBO. The van der Waals surface area contributed by atoms with Crippen molar-refractivity contribution in [2.45, 2.75) is 19.3 Å². The lowest BCUT2D eigenvalue weighted by Crippen LogP contribution is -1.82. The fourth-order valence-corrected chi connectivity index (χ4v) is 1.72. The maximum atomic E-state index is 7.12. The summed E-state index contributed by atoms with van der Waals surface area (Å²) >= 11 is 0. The minimum atomic E-state index is -0.750. The first-order valence-electron chi connectivity index (χ1n) is 4.40. The molecule has 2 unspecified atom stereocenters. The quantitative estimate of drug-likeness (QED) is 0.272. The molecule has 0 aromatic heterocycles. The second-order valence-electron chi connectivity index (χ2n) is 3.00. The van der Waals surface area contributed by atoms with Crippen LogP contribution in [-0.4, -0.2) is 35.5 Å². The van der Waals surface area contributed by atoms with Gasteiger partial charge in [0.05, 0.1) is 0 Å². The molecule has 0 spiro atoms. The maximum Gasteiger partial charge on any atom is 0.432 e. The van der Waals surface area contributed by atoms with Crippen LogP contribution in [0.1, 0.15) is 19.3 Å². The van der Waals surface area contributed by atoms with E-state index >= 15 is 0 Å². The molecule has 0 heterocycles. The van der Waals surface area contributed by atoms with Crippen molar-refractivity contribution in [3.05, 3.63) is 12.2 Å². The van der Waals surface area contributed by atoms with E-state index in [9.17, 15) is 0 Å². The molecule has 0 aromatic carbocycles. The van der Waals surface area contributed by atoms with E-state index in [2.05, 4.69) is 12.2 Å². The van der Waals surface area contributed by atoms with Crippen LogP contribution >= 0.6 is 0 Å². The van der Waals surface area contributed by atoms with Crippen LogP contribution in [0.5, 0.6) is 0 Å².